The van der Waals surface area contributed by atoms with Crippen molar-refractivity contribution in [2.75, 3.05) is 18.5 Å². The van der Waals surface area contributed by atoms with Gasteiger partial charge in [0.2, 0.25) is 10.0 Å². The van der Waals surface area contributed by atoms with Crippen molar-refractivity contribution in [3.05, 3.63) is 22.7 Å². The fourth-order valence-corrected chi connectivity index (χ4v) is 3.06. The van der Waals surface area contributed by atoms with Gasteiger partial charge in [-0.3, -0.25) is 0 Å². The Morgan fingerprint density at radius 3 is 2.65 bits per heavy atom. The van der Waals surface area contributed by atoms with Crippen LogP contribution in [-0.2, 0) is 10.0 Å². The van der Waals surface area contributed by atoms with Gasteiger partial charge in [-0.2, -0.15) is 0 Å². The molecule has 0 radical (unpaired) electrons. The molecule has 1 aromatic carbocycles. The molecule has 0 amide bonds. The Kier molecular flexibility index (Phi) is 4.90. The topological polar surface area (TPSA) is 113 Å². The molecule has 17 heavy (non-hydrogen) atoms. The number of hydrogen-bond acceptors (Lipinski definition) is 5. The minimum absolute atomic E-state index is 0.0233. The normalized spacial score (nSPS) is 13.4. The summed E-state index contributed by atoms with van der Waals surface area (Å²) in [5.74, 6) is 0. The van der Waals surface area contributed by atoms with Crippen LogP contribution in [0.15, 0.2) is 27.6 Å². The highest BCUT2D eigenvalue weighted by molar-refractivity contribution is 9.10. The first-order valence-corrected chi connectivity index (χ1v) is 7.04. The minimum Gasteiger partial charge on any atom is -0.394 e. The zero-order valence-electron chi connectivity index (χ0n) is 8.80. The SMILES string of the molecule is NS(=O)(=O)c1c(Br)cccc1NCC(O)CO. The fourth-order valence-electron chi connectivity index (χ4n) is 1.23. The molecular weight excluding hydrogens is 312 g/mol. The van der Waals surface area contributed by atoms with E-state index in [9.17, 15) is 13.5 Å². The summed E-state index contributed by atoms with van der Waals surface area (Å²) in [7, 11) is -3.87. The van der Waals surface area contributed by atoms with Crippen LogP contribution in [0.5, 0.6) is 0 Å². The Hall–Kier alpha value is -0.670. The van der Waals surface area contributed by atoms with Gasteiger partial charge in [0.25, 0.3) is 0 Å². The molecule has 0 aliphatic heterocycles. The van der Waals surface area contributed by atoms with E-state index < -0.39 is 22.7 Å². The van der Waals surface area contributed by atoms with Crippen molar-refractivity contribution in [1.29, 1.82) is 0 Å². The number of hydrogen-bond donors (Lipinski definition) is 4. The number of halogens is 1. The van der Waals surface area contributed by atoms with E-state index in [1.54, 1.807) is 12.1 Å². The molecular formula is C9H13BrN2O4S. The first-order valence-electron chi connectivity index (χ1n) is 4.70. The predicted molar refractivity (Wildman–Crippen MR) is 67.1 cm³/mol. The zero-order valence-corrected chi connectivity index (χ0v) is 11.2. The highest BCUT2D eigenvalue weighted by Crippen LogP contribution is 2.28. The molecule has 0 saturated carbocycles. The van der Waals surface area contributed by atoms with Crippen LogP contribution in [0.4, 0.5) is 5.69 Å². The Labute approximate surface area is 108 Å². The number of rotatable bonds is 5. The lowest BCUT2D eigenvalue weighted by Gasteiger charge is -2.14. The Bertz CT molecular complexity index is 492. The third-order valence-corrected chi connectivity index (χ3v) is 3.92. The van der Waals surface area contributed by atoms with E-state index in [2.05, 4.69) is 21.2 Å². The van der Waals surface area contributed by atoms with Crippen LogP contribution in [0.25, 0.3) is 0 Å². The van der Waals surface area contributed by atoms with Gasteiger partial charge in [0.05, 0.1) is 18.4 Å². The van der Waals surface area contributed by atoms with Gasteiger partial charge < -0.3 is 15.5 Å². The molecule has 6 nitrogen and oxygen atoms in total. The largest absolute Gasteiger partial charge is 0.394 e. The molecule has 5 N–H and O–H groups in total. The molecule has 1 unspecified atom stereocenters. The smallest absolute Gasteiger partial charge is 0.241 e. The minimum atomic E-state index is -3.87. The van der Waals surface area contributed by atoms with Crippen molar-refractivity contribution in [3.63, 3.8) is 0 Å². The number of nitrogens with one attached hydrogen (secondary N) is 1. The van der Waals surface area contributed by atoms with Crippen molar-refractivity contribution in [3.8, 4) is 0 Å². The average Bonchev–Trinajstić information content (AvgIpc) is 2.24. The van der Waals surface area contributed by atoms with Crippen molar-refractivity contribution in [2.24, 2.45) is 5.14 Å². The summed E-state index contributed by atoms with van der Waals surface area (Å²) in [4.78, 5) is -0.0786. The lowest BCUT2D eigenvalue weighted by Crippen LogP contribution is -2.24. The van der Waals surface area contributed by atoms with Crippen LogP contribution in [-0.4, -0.2) is 37.9 Å². The number of aliphatic hydroxyl groups is 2. The van der Waals surface area contributed by atoms with E-state index in [-0.39, 0.29) is 17.1 Å². The number of nitrogens with two attached hydrogens (primary N) is 1. The zero-order chi connectivity index (χ0) is 13.1. The van der Waals surface area contributed by atoms with Gasteiger partial charge in [-0.05, 0) is 28.1 Å². The molecule has 96 valence electrons. The van der Waals surface area contributed by atoms with Gasteiger partial charge in [-0.15, -0.1) is 0 Å². The van der Waals surface area contributed by atoms with Gasteiger partial charge >= 0.3 is 0 Å². The lowest BCUT2D eigenvalue weighted by atomic mass is 10.3. The summed E-state index contributed by atoms with van der Waals surface area (Å²) in [5.41, 5.74) is 0.273. The maximum Gasteiger partial charge on any atom is 0.241 e. The van der Waals surface area contributed by atoms with Crippen LogP contribution in [0, 0.1) is 0 Å². The number of primary sulfonamides is 1. The molecule has 0 heterocycles. The fraction of sp³-hybridized carbons (Fsp3) is 0.333. The summed E-state index contributed by atoms with van der Waals surface area (Å²) in [6, 6.07) is 4.70. The van der Waals surface area contributed by atoms with Crippen molar-refractivity contribution >= 4 is 31.6 Å². The lowest BCUT2D eigenvalue weighted by molar-refractivity contribution is 0.105. The van der Waals surface area contributed by atoms with E-state index in [0.717, 1.165) is 0 Å². The van der Waals surface area contributed by atoms with Crippen LogP contribution >= 0.6 is 15.9 Å². The third kappa shape index (κ3) is 3.93. The number of benzene rings is 1. The Morgan fingerprint density at radius 1 is 1.47 bits per heavy atom. The van der Waals surface area contributed by atoms with E-state index in [4.69, 9.17) is 10.2 Å². The Balaban J connectivity index is 3.04. The van der Waals surface area contributed by atoms with Crippen LogP contribution in [0.1, 0.15) is 0 Å². The second-order valence-electron chi connectivity index (χ2n) is 3.38. The summed E-state index contributed by atoms with van der Waals surface area (Å²) in [6.45, 7) is -0.388. The van der Waals surface area contributed by atoms with Gasteiger partial charge in [0.1, 0.15) is 4.90 Å². The van der Waals surface area contributed by atoms with Crippen molar-refractivity contribution in [1.82, 2.24) is 0 Å². The molecule has 0 aliphatic carbocycles. The molecule has 0 saturated heterocycles. The first kappa shape index (κ1) is 14.4. The first-order chi connectivity index (χ1) is 7.86. The van der Waals surface area contributed by atoms with Crippen LogP contribution < -0.4 is 10.5 Å². The Morgan fingerprint density at radius 2 is 2.12 bits per heavy atom. The maximum atomic E-state index is 11.4. The maximum absolute atomic E-state index is 11.4. The van der Waals surface area contributed by atoms with Crippen molar-refractivity contribution < 1.29 is 18.6 Å². The van der Waals surface area contributed by atoms with Gasteiger partial charge in [-0.25, -0.2) is 13.6 Å². The summed E-state index contributed by atoms with van der Waals surface area (Å²) < 4.78 is 23.1. The summed E-state index contributed by atoms with van der Waals surface area (Å²) in [6.07, 6.45) is -0.970. The number of sulfonamides is 1. The number of aliphatic hydroxyl groups excluding tert-OH is 2. The van der Waals surface area contributed by atoms with E-state index in [1.807, 2.05) is 0 Å². The van der Waals surface area contributed by atoms with Gasteiger partial charge in [-0.1, -0.05) is 6.07 Å². The summed E-state index contributed by atoms with van der Waals surface area (Å²) in [5, 5.41) is 25.6. The average molecular weight is 325 g/mol. The second kappa shape index (κ2) is 5.78. The molecule has 1 atom stereocenters. The highest BCUT2D eigenvalue weighted by Gasteiger charge is 2.18. The van der Waals surface area contributed by atoms with Crippen molar-refractivity contribution in [2.45, 2.75) is 11.0 Å². The van der Waals surface area contributed by atoms with E-state index in [0.29, 0.717) is 4.47 Å². The van der Waals surface area contributed by atoms with Gasteiger partial charge in [0.15, 0.2) is 0 Å². The van der Waals surface area contributed by atoms with E-state index >= 15 is 0 Å². The predicted octanol–water partition coefficient (Wildman–Crippen LogP) is -0.138. The van der Waals surface area contributed by atoms with Crippen LogP contribution in [0.3, 0.4) is 0 Å². The van der Waals surface area contributed by atoms with E-state index in [1.165, 1.54) is 6.07 Å². The molecule has 1 rings (SSSR count). The van der Waals surface area contributed by atoms with Gasteiger partial charge in [0, 0.05) is 11.0 Å². The molecule has 0 aromatic heterocycles. The molecule has 0 bridgehead atoms. The molecule has 1 aromatic rings. The van der Waals surface area contributed by atoms with Crippen LogP contribution in [0.2, 0.25) is 0 Å². The second-order valence-corrected chi connectivity index (χ2v) is 5.73. The molecule has 0 aliphatic rings. The highest BCUT2D eigenvalue weighted by atomic mass is 79.9. The monoisotopic (exact) mass is 324 g/mol. The quantitative estimate of drug-likeness (QED) is 0.602. The third-order valence-electron chi connectivity index (χ3n) is 1.99. The molecule has 8 heteroatoms. The molecule has 0 fully saturated rings. The molecule has 0 spiro atoms. The standard InChI is InChI=1S/C9H13BrN2O4S/c10-7-2-1-3-8(9(7)17(11,15)16)12-4-6(14)5-13/h1-3,6,12-14H,4-5H2,(H2,11,15,16). The summed E-state index contributed by atoms with van der Waals surface area (Å²) >= 11 is 3.10. The number of anilines is 1.